The van der Waals surface area contributed by atoms with E-state index in [-0.39, 0.29) is 16.5 Å². The third-order valence-electron chi connectivity index (χ3n) is 5.71. The first-order valence-corrected chi connectivity index (χ1v) is 13.8. The second kappa shape index (κ2) is 11.9. The Balaban J connectivity index is 1.54. The highest BCUT2D eigenvalue weighted by Crippen LogP contribution is 2.41. The number of thioether (sulfide) groups is 1. The van der Waals surface area contributed by atoms with E-state index in [1.807, 2.05) is 6.07 Å². The molecule has 2 aliphatic rings. The average Bonchev–Trinajstić information content (AvgIpc) is 3.35. The lowest BCUT2D eigenvalue weighted by atomic mass is 9.98. The normalized spacial score (nSPS) is 19.2. The van der Waals surface area contributed by atoms with Crippen molar-refractivity contribution in [2.75, 3.05) is 18.3 Å². The number of rotatable bonds is 8. The van der Waals surface area contributed by atoms with Crippen molar-refractivity contribution < 1.29 is 33.9 Å². The summed E-state index contributed by atoms with van der Waals surface area (Å²) < 4.78 is 10.3. The van der Waals surface area contributed by atoms with E-state index in [0.29, 0.717) is 11.3 Å². The first kappa shape index (κ1) is 28.8. The number of nitrogens with one attached hydrogen (secondary N) is 1. The molecule has 4 N–H and O–H groups in total. The van der Waals surface area contributed by atoms with Gasteiger partial charge < -0.3 is 25.7 Å². The number of hydrogen-bond donors (Lipinski definition) is 3. The Labute approximate surface area is 237 Å². The lowest BCUT2D eigenvalue weighted by Gasteiger charge is -2.49. The van der Waals surface area contributed by atoms with Gasteiger partial charge >= 0.3 is 11.9 Å². The van der Waals surface area contributed by atoms with Gasteiger partial charge in [-0.05, 0) is 38.0 Å². The summed E-state index contributed by atoms with van der Waals surface area (Å²) in [5.74, 6) is -2.55. The Kier molecular flexibility index (Phi) is 8.54. The Morgan fingerprint density at radius 2 is 2.08 bits per heavy atom. The second-order valence-corrected chi connectivity index (χ2v) is 11.6. The molecule has 4 heterocycles. The van der Waals surface area contributed by atoms with Crippen molar-refractivity contribution in [3.05, 3.63) is 58.5 Å². The van der Waals surface area contributed by atoms with Gasteiger partial charge in [0, 0.05) is 23.5 Å². The van der Waals surface area contributed by atoms with Gasteiger partial charge in [0.2, 0.25) is 6.79 Å². The lowest BCUT2D eigenvalue weighted by molar-refractivity contribution is -0.173. The molecule has 0 spiro atoms. The van der Waals surface area contributed by atoms with E-state index in [1.165, 1.54) is 22.0 Å². The molecule has 0 bridgehead atoms. The number of allylic oxidation sites excluding steroid dienone is 1. The highest BCUT2D eigenvalue weighted by atomic mass is 32.2. The number of carbonyl (C=O) groups excluding carboxylic acids is 4. The number of amides is 2. The van der Waals surface area contributed by atoms with Gasteiger partial charge in [0.05, 0.1) is 5.41 Å². The van der Waals surface area contributed by atoms with Gasteiger partial charge in [0.25, 0.3) is 11.8 Å². The summed E-state index contributed by atoms with van der Waals surface area (Å²) in [7, 11) is 0. The molecule has 2 atom stereocenters. The molecule has 0 aliphatic carbocycles. The number of nitrogen functional groups attached to an aromatic ring is 1. The van der Waals surface area contributed by atoms with Gasteiger partial charge in [-0.25, -0.2) is 9.78 Å². The maximum absolute atomic E-state index is 13.2. The van der Waals surface area contributed by atoms with Crippen LogP contribution in [0.1, 0.15) is 32.0 Å². The summed E-state index contributed by atoms with van der Waals surface area (Å²) in [4.78, 5) is 60.5. The largest absolute Gasteiger partial charge is 0.427 e. The van der Waals surface area contributed by atoms with Gasteiger partial charge in [-0.3, -0.25) is 24.3 Å². The number of pyridine rings is 1. The first-order chi connectivity index (χ1) is 19.0. The van der Waals surface area contributed by atoms with Crippen LogP contribution in [-0.2, 0) is 28.7 Å². The zero-order valence-corrected chi connectivity index (χ0v) is 23.3. The number of nitrogens with zero attached hydrogens (tertiary/aromatic N) is 4. The summed E-state index contributed by atoms with van der Waals surface area (Å²) >= 11 is 2.37. The van der Waals surface area contributed by atoms with E-state index in [1.54, 1.807) is 51.4 Å². The standard InChI is InChI=1S/C25H26N6O7S2/c1-25(2,3)23(35)38-12-37-22(34)18-14(7-6-13-5-4-8-27-9-13)10-39-21-17(20(33)31(18)21)29-19(32)16(30-36)15-11-40-24(26)28-15/h4-9,11,17,21,36H,10,12H2,1-3H3,(H2,26,28)(H,29,32)/b7-6-,30-16?/t17-,21+/m1/s1. The molecule has 13 nitrogen and oxygen atoms in total. The maximum Gasteiger partial charge on any atom is 0.358 e. The number of anilines is 1. The molecular formula is C25H26N6O7S2. The lowest BCUT2D eigenvalue weighted by Crippen LogP contribution is -2.71. The van der Waals surface area contributed by atoms with Crippen LogP contribution < -0.4 is 11.1 Å². The first-order valence-electron chi connectivity index (χ1n) is 11.9. The van der Waals surface area contributed by atoms with E-state index in [0.717, 1.165) is 16.9 Å². The monoisotopic (exact) mass is 586 g/mol. The van der Waals surface area contributed by atoms with Crippen molar-refractivity contribution in [3.63, 3.8) is 0 Å². The van der Waals surface area contributed by atoms with Crippen molar-refractivity contribution >= 4 is 63.8 Å². The molecule has 1 fully saturated rings. The number of esters is 2. The Morgan fingerprint density at radius 1 is 1.30 bits per heavy atom. The summed E-state index contributed by atoms with van der Waals surface area (Å²) in [5, 5.41) is 15.9. The highest BCUT2D eigenvalue weighted by Gasteiger charge is 2.54. The zero-order valence-electron chi connectivity index (χ0n) is 21.7. The number of fused-ring (bicyclic) bond motifs is 1. The van der Waals surface area contributed by atoms with Crippen molar-refractivity contribution in [2.24, 2.45) is 10.6 Å². The summed E-state index contributed by atoms with van der Waals surface area (Å²) in [6, 6.07) is 2.56. The second-order valence-electron chi connectivity index (χ2n) is 9.61. The number of β-lactam (4-membered cyclic amide) rings is 1. The van der Waals surface area contributed by atoms with Crippen LogP contribution in [-0.4, -0.2) is 73.5 Å². The number of ether oxygens (including phenoxy) is 2. The predicted octanol–water partition coefficient (Wildman–Crippen LogP) is 1.76. The van der Waals surface area contributed by atoms with Crippen LogP contribution in [0.25, 0.3) is 6.08 Å². The topological polar surface area (TPSA) is 186 Å². The molecule has 2 aromatic heterocycles. The molecule has 40 heavy (non-hydrogen) atoms. The molecule has 2 aliphatic heterocycles. The SMILES string of the molecule is CC(C)(C)C(=O)OCOC(=O)C1=C(/C=C\c2cccnc2)CS[C@H]2[C@H](NC(=O)C(=NO)c3csc(N)n3)C(=O)N12. The molecule has 0 saturated carbocycles. The predicted molar refractivity (Wildman–Crippen MR) is 147 cm³/mol. The molecule has 4 rings (SSSR count). The van der Waals surface area contributed by atoms with Crippen molar-refractivity contribution in [3.8, 4) is 0 Å². The fourth-order valence-corrected chi connectivity index (χ4v) is 5.54. The van der Waals surface area contributed by atoms with Gasteiger partial charge in [-0.15, -0.1) is 23.1 Å². The molecule has 0 radical (unpaired) electrons. The van der Waals surface area contributed by atoms with E-state index in [4.69, 9.17) is 15.2 Å². The Morgan fingerprint density at radius 3 is 2.70 bits per heavy atom. The van der Waals surface area contributed by atoms with Gasteiger partial charge in [0.15, 0.2) is 10.8 Å². The molecule has 15 heteroatoms. The fraction of sp³-hybridized carbons (Fsp3) is 0.320. The van der Waals surface area contributed by atoms with Crippen LogP contribution in [0, 0.1) is 5.41 Å². The van der Waals surface area contributed by atoms with Crippen LogP contribution in [0.15, 0.2) is 52.4 Å². The summed E-state index contributed by atoms with van der Waals surface area (Å²) in [6.07, 6.45) is 6.68. The van der Waals surface area contributed by atoms with Gasteiger partial charge in [-0.1, -0.05) is 23.4 Å². The highest BCUT2D eigenvalue weighted by molar-refractivity contribution is 8.00. The van der Waals surface area contributed by atoms with Crippen LogP contribution in [0.2, 0.25) is 0 Å². The molecule has 0 aromatic carbocycles. The summed E-state index contributed by atoms with van der Waals surface area (Å²) in [6.45, 7) is 4.35. The smallest absolute Gasteiger partial charge is 0.358 e. The van der Waals surface area contributed by atoms with Gasteiger partial charge in [0.1, 0.15) is 22.8 Å². The van der Waals surface area contributed by atoms with Crippen LogP contribution in [0.5, 0.6) is 0 Å². The average molecular weight is 587 g/mol. The fourth-order valence-electron chi connectivity index (χ4n) is 3.67. The Bertz CT molecular complexity index is 1410. The molecule has 210 valence electrons. The number of nitrogens with two attached hydrogens (primary N) is 1. The number of carbonyl (C=O) groups is 4. The Hall–Kier alpha value is -4.24. The van der Waals surface area contributed by atoms with Crippen LogP contribution >= 0.6 is 23.1 Å². The van der Waals surface area contributed by atoms with Gasteiger partial charge in [-0.2, -0.15) is 0 Å². The third kappa shape index (κ3) is 6.15. The molecule has 0 unspecified atom stereocenters. The zero-order chi connectivity index (χ0) is 29.0. The minimum Gasteiger partial charge on any atom is -0.427 e. The molecule has 1 saturated heterocycles. The number of oxime groups is 1. The quantitative estimate of drug-likeness (QED) is 0.102. The minimum atomic E-state index is -1.02. The molecule has 2 aromatic rings. The van der Waals surface area contributed by atoms with E-state index in [2.05, 4.69) is 20.4 Å². The third-order valence-corrected chi connectivity index (χ3v) is 7.69. The van der Waals surface area contributed by atoms with E-state index < -0.39 is 53.1 Å². The van der Waals surface area contributed by atoms with E-state index >= 15 is 0 Å². The van der Waals surface area contributed by atoms with Crippen molar-refractivity contribution in [1.29, 1.82) is 0 Å². The molecule has 2 amide bonds. The molecular weight excluding hydrogens is 560 g/mol. The van der Waals surface area contributed by atoms with E-state index in [9.17, 15) is 24.4 Å². The van der Waals surface area contributed by atoms with Crippen molar-refractivity contribution in [2.45, 2.75) is 32.2 Å². The maximum atomic E-state index is 13.2. The number of thiazole rings is 1. The number of hydrogen-bond acceptors (Lipinski definition) is 13. The number of aromatic nitrogens is 2. The van der Waals surface area contributed by atoms with Crippen molar-refractivity contribution in [1.82, 2.24) is 20.2 Å². The van der Waals surface area contributed by atoms with Crippen LogP contribution in [0.3, 0.4) is 0 Å². The summed E-state index contributed by atoms with van der Waals surface area (Å²) in [5.41, 5.74) is 5.68. The minimum absolute atomic E-state index is 0.0329. The van der Waals surface area contributed by atoms with Crippen LogP contribution in [0.4, 0.5) is 5.13 Å².